The van der Waals surface area contributed by atoms with Crippen LogP contribution in [-0.4, -0.2) is 12.1 Å². The minimum absolute atomic E-state index is 0.203. The van der Waals surface area contributed by atoms with Crippen LogP contribution in [0.5, 0.6) is 5.88 Å². The number of nitrogens with zero attached hydrogens (tertiary/aromatic N) is 2. The van der Waals surface area contributed by atoms with Gasteiger partial charge in [0.15, 0.2) is 0 Å². The summed E-state index contributed by atoms with van der Waals surface area (Å²) in [6.07, 6.45) is 1.53. The summed E-state index contributed by atoms with van der Waals surface area (Å²) in [6.45, 7) is 0. The van der Waals surface area contributed by atoms with Crippen LogP contribution in [0, 0.1) is 11.3 Å². The monoisotopic (exact) mass is 215 g/mol. The second-order valence-corrected chi connectivity index (χ2v) is 3.07. The van der Waals surface area contributed by atoms with E-state index in [-0.39, 0.29) is 11.7 Å². The van der Waals surface area contributed by atoms with Gasteiger partial charge in [0, 0.05) is 5.56 Å². The minimum Gasteiger partial charge on any atom is -0.480 e. The van der Waals surface area contributed by atoms with Crippen molar-refractivity contribution in [2.24, 2.45) is 0 Å². The SMILES string of the molecule is COc1nc(N)cc(-c2ccco2)c1C#N. The molecule has 0 saturated carbocycles. The summed E-state index contributed by atoms with van der Waals surface area (Å²) in [6, 6.07) is 7.09. The molecule has 16 heavy (non-hydrogen) atoms. The maximum Gasteiger partial charge on any atom is 0.234 e. The summed E-state index contributed by atoms with van der Waals surface area (Å²) in [7, 11) is 1.44. The number of nitriles is 1. The average Bonchev–Trinajstić information content (AvgIpc) is 2.81. The molecule has 0 spiro atoms. The van der Waals surface area contributed by atoms with E-state index in [1.165, 1.54) is 13.4 Å². The van der Waals surface area contributed by atoms with E-state index in [0.717, 1.165) is 0 Å². The quantitative estimate of drug-likeness (QED) is 0.825. The molecule has 2 aromatic rings. The molecule has 0 atom stereocenters. The fourth-order valence-electron chi connectivity index (χ4n) is 1.42. The Kier molecular flexibility index (Phi) is 2.48. The van der Waals surface area contributed by atoms with Crippen molar-refractivity contribution in [3.05, 3.63) is 30.0 Å². The lowest BCUT2D eigenvalue weighted by atomic mass is 10.1. The lowest BCUT2D eigenvalue weighted by Gasteiger charge is -2.06. The summed E-state index contributed by atoms with van der Waals surface area (Å²) < 4.78 is 10.2. The highest BCUT2D eigenvalue weighted by Crippen LogP contribution is 2.30. The molecule has 5 heteroatoms. The van der Waals surface area contributed by atoms with Gasteiger partial charge in [0.05, 0.1) is 13.4 Å². The third kappa shape index (κ3) is 1.57. The molecular formula is C11H9N3O2. The summed E-state index contributed by atoms with van der Waals surface area (Å²) >= 11 is 0. The van der Waals surface area contributed by atoms with Gasteiger partial charge in [-0.1, -0.05) is 0 Å². The van der Waals surface area contributed by atoms with Crippen molar-refractivity contribution in [3.8, 4) is 23.3 Å². The first-order valence-corrected chi connectivity index (χ1v) is 4.54. The van der Waals surface area contributed by atoms with Crippen molar-refractivity contribution >= 4 is 5.82 Å². The fourth-order valence-corrected chi connectivity index (χ4v) is 1.42. The lowest BCUT2D eigenvalue weighted by molar-refractivity contribution is 0.397. The Morgan fingerprint density at radius 3 is 2.94 bits per heavy atom. The Labute approximate surface area is 92.1 Å². The van der Waals surface area contributed by atoms with Gasteiger partial charge in [0.2, 0.25) is 5.88 Å². The Balaban J connectivity index is 2.69. The normalized spacial score (nSPS) is 9.75. The predicted molar refractivity (Wildman–Crippen MR) is 57.6 cm³/mol. The summed E-state index contributed by atoms with van der Waals surface area (Å²) in [5.74, 6) is 1.04. The van der Waals surface area contributed by atoms with E-state index >= 15 is 0 Å². The number of nitrogens with two attached hydrogens (primary N) is 1. The molecule has 0 unspecified atom stereocenters. The van der Waals surface area contributed by atoms with Gasteiger partial charge in [0.25, 0.3) is 0 Å². The molecule has 2 heterocycles. The number of methoxy groups -OCH3 is 1. The van der Waals surface area contributed by atoms with Crippen molar-refractivity contribution < 1.29 is 9.15 Å². The standard InChI is InChI=1S/C11H9N3O2/c1-15-11-8(6-12)7(5-10(13)14-11)9-3-2-4-16-9/h2-5H,1H3,(H2,13,14). The zero-order valence-electron chi connectivity index (χ0n) is 8.60. The Morgan fingerprint density at radius 2 is 2.38 bits per heavy atom. The molecule has 0 aliphatic rings. The van der Waals surface area contributed by atoms with Gasteiger partial charge in [-0.2, -0.15) is 10.2 Å². The highest BCUT2D eigenvalue weighted by atomic mass is 16.5. The van der Waals surface area contributed by atoms with E-state index in [0.29, 0.717) is 16.9 Å². The smallest absolute Gasteiger partial charge is 0.234 e. The maximum atomic E-state index is 9.07. The number of nitrogen functional groups attached to an aromatic ring is 1. The van der Waals surface area contributed by atoms with Crippen LogP contribution < -0.4 is 10.5 Å². The predicted octanol–water partition coefficient (Wildman–Crippen LogP) is 1.80. The largest absolute Gasteiger partial charge is 0.480 e. The molecule has 0 aliphatic carbocycles. The lowest BCUT2D eigenvalue weighted by Crippen LogP contribution is -1.99. The number of rotatable bonds is 2. The second-order valence-electron chi connectivity index (χ2n) is 3.07. The average molecular weight is 215 g/mol. The number of pyridine rings is 1. The van der Waals surface area contributed by atoms with Gasteiger partial charge in [-0.15, -0.1) is 0 Å². The molecule has 2 rings (SSSR count). The zero-order valence-corrected chi connectivity index (χ0v) is 8.60. The first-order valence-electron chi connectivity index (χ1n) is 4.54. The molecule has 2 aromatic heterocycles. The molecule has 2 N–H and O–H groups in total. The highest BCUT2D eigenvalue weighted by molar-refractivity contribution is 5.71. The van der Waals surface area contributed by atoms with Crippen LogP contribution in [0.2, 0.25) is 0 Å². The van der Waals surface area contributed by atoms with Crippen LogP contribution in [0.25, 0.3) is 11.3 Å². The molecule has 0 fully saturated rings. The highest BCUT2D eigenvalue weighted by Gasteiger charge is 2.15. The number of anilines is 1. The van der Waals surface area contributed by atoms with Crippen LogP contribution in [0.4, 0.5) is 5.82 Å². The van der Waals surface area contributed by atoms with E-state index in [1.807, 2.05) is 6.07 Å². The molecule has 0 bridgehead atoms. The molecular weight excluding hydrogens is 206 g/mol. The maximum absolute atomic E-state index is 9.07. The van der Waals surface area contributed by atoms with Crippen LogP contribution in [-0.2, 0) is 0 Å². The van der Waals surface area contributed by atoms with E-state index < -0.39 is 0 Å². The first kappa shape index (κ1) is 10.1. The van der Waals surface area contributed by atoms with Crippen molar-refractivity contribution in [3.63, 3.8) is 0 Å². The third-order valence-electron chi connectivity index (χ3n) is 2.10. The molecule has 0 aromatic carbocycles. The minimum atomic E-state index is 0.203. The van der Waals surface area contributed by atoms with Crippen LogP contribution in [0.1, 0.15) is 5.56 Å². The fraction of sp³-hybridized carbons (Fsp3) is 0.0909. The van der Waals surface area contributed by atoms with Crippen molar-refractivity contribution in [2.45, 2.75) is 0 Å². The van der Waals surface area contributed by atoms with Crippen molar-refractivity contribution in [1.29, 1.82) is 5.26 Å². The number of aromatic nitrogens is 1. The molecule has 0 aliphatic heterocycles. The van der Waals surface area contributed by atoms with Gasteiger partial charge in [-0.25, -0.2) is 0 Å². The van der Waals surface area contributed by atoms with E-state index in [2.05, 4.69) is 4.98 Å². The summed E-state index contributed by atoms with van der Waals surface area (Å²) in [5, 5.41) is 9.07. The summed E-state index contributed by atoms with van der Waals surface area (Å²) in [5.41, 5.74) is 6.51. The Morgan fingerprint density at radius 1 is 1.56 bits per heavy atom. The number of furan rings is 1. The molecule has 0 amide bonds. The first-order chi connectivity index (χ1) is 7.76. The van der Waals surface area contributed by atoms with E-state index in [4.69, 9.17) is 20.1 Å². The Hall–Kier alpha value is -2.48. The third-order valence-corrected chi connectivity index (χ3v) is 2.10. The van der Waals surface area contributed by atoms with Crippen LogP contribution >= 0.6 is 0 Å². The van der Waals surface area contributed by atoms with E-state index in [9.17, 15) is 0 Å². The van der Waals surface area contributed by atoms with Crippen LogP contribution in [0.3, 0.4) is 0 Å². The summed E-state index contributed by atoms with van der Waals surface area (Å²) in [4.78, 5) is 3.92. The topological polar surface area (TPSA) is 85.1 Å². The van der Waals surface area contributed by atoms with Crippen LogP contribution in [0.15, 0.2) is 28.9 Å². The van der Waals surface area contributed by atoms with Crippen molar-refractivity contribution in [1.82, 2.24) is 4.98 Å². The molecule has 80 valence electrons. The van der Waals surface area contributed by atoms with Crippen molar-refractivity contribution in [2.75, 3.05) is 12.8 Å². The molecule has 5 nitrogen and oxygen atoms in total. The molecule has 0 saturated heterocycles. The van der Waals surface area contributed by atoms with Gasteiger partial charge < -0.3 is 14.9 Å². The van der Waals surface area contributed by atoms with Gasteiger partial charge >= 0.3 is 0 Å². The Bertz CT molecular complexity index is 541. The van der Waals surface area contributed by atoms with E-state index in [1.54, 1.807) is 18.2 Å². The van der Waals surface area contributed by atoms with Gasteiger partial charge in [0.1, 0.15) is 23.2 Å². The van der Waals surface area contributed by atoms with Gasteiger partial charge in [-0.3, -0.25) is 0 Å². The number of ether oxygens (including phenoxy) is 1. The number of hydrogen-bond acceptors (Lipinski definition) is 5. The zero-order chi connectivity index (χ0) is 11.5. The van der Waals surface area contributed by atoms with Gasteiger partial charge in [-0.05, 0) is 18.2 Å². The second kappa shape index (κ2) is 3.95. The number of hydrogen-bond donors (Lipinski definition) is 1. The molecule has 0 radical (unpaired) electrons.